The van der Waals surface area contributed by atoms with Crippen molar-refractivity contribution >= 4 is 34.2 Å². The second-order valence-corrected chi connectivity index (χ2v) is 9.08. The molecule has 7 nitrogen and oxygen atoms in total. The summed E-state index contributed by atoms with van der Waals surface area (Å²) in [7, 11) is -3.93. The van der Waals surface area contributed by atoms with Crippen LogP contribution in [0, 0.1) is 0 Å². The Balaban J connectivity index is 0.00000240. The highest BCUT2D eigenvalue weighted by Gasteiger charge is 2.42. The lowest BCUT2D eigenvalue weighted by Crippen LogP contribution is -2.36. The molecule has 0 fully saturated rings. The van der Waals surface area contributed by atoms with Crippen LogP contribution in [0.5, 0.6) is 0 Å². The van der Waals surface area contributed by atoms with E-state index in [-0.39, 0.29) is 34.3 Å². The fraction of sp³-hybridized carbons (Fsp3) is 0.300. The number of carbonyl (C=O) groups excluding carboxylic acids is 2. The van der Waals surface area contributed by atoms with Gasteiger partial charge in [-0.2, -0.15) is 0 Å². The number of halogens is 1. The minimum atomic E-state index is -3.93. The first kappa shape index (κ1) is 21.3. The summed E-state index contributed by atoms with van der Waals surface area (Å²) in [6.45, 7) is 5.30. The third-order valence-corrected chi connectivity index (χ3v) is 7.03. The molecule has 2 aliphatic rings. The second kappa shape index (κ2) is 7.78. The van der Waals surface area contributed by atoms with Crippen LogP contribution in [0.4, 0.5) is 0 Å². The van der Waals surface area contributed by atoms with Crippen LogP contribution in [-0.2, 0) is 29.7 Å². The Bertz CT molecular complexity index is 1100. The number of hydrogen-bond donors (Lipinski definition) is 2. The summed E-state index contributed by atoms with van der Waals surface area (Å²) in [5.41, 5.74) is 3.78. The molecule has 2 N–H and O–H groups in total. The van der Waals surface area contributed by atoms with Crippen LogP contribution in [0.25, 0.3) is 0 Å². The van der Waals surface area contributed by atoms with Gasteiger partial charge in [-0.15, -0.1) is 12.4 Å². The summed E-state index contributed by atoms with van der Waals surface area (Å²) in [5, 5.41) is 6.09. The van der Waals surface area contributed by atoms with Gasteiger partial charge in [0.15, 0.2) is 0 Å². The second-order valence-electron chi connectivity index (χ2n) is 7.30. The van der Waals surface area contributed by atoms with Crippen molar-refractivity contribution in [3.63, 3.8) is 0 Å². The lowest BCUT2D eigenvalue weighted by Gasteiger charge is -2.18. The Hall–Kier alpha value is -2.42. The molecule has 0 atom stereocenters. The minimum absolute atomic E-state index is 0. The summed E-state index contributed by atoms with van der Waals surface area (Å²) < 4.78 is 26.2. The van der Waals surface area contributed by atoms with Gasteiger partial charge in [-0.1, -0.05) is 18.2 Å². The number of sulfonamides is 1. The van der Waals surface area contributed by atoms with Crippen molar-refractivity contribution in [1.29, 1.82) is 0 Å². The van der Waals surface area contributed by atoms with E-state index in [1.165, 1.54) is 29.3 Å². The number of amides is 2. The van der Waals surface area contributed by atoms with Gasteiger partial charge in [0, 0.05) is 31.2 Å². The van der Waals surface area contributed by atoms with Crippen LogP contribution in [0.15, 0.2) is 41.3 Å². The van der Waals surface area contributed by atoms with Crippen molar-refractivity contribution in [3.8, 4) is 0 Å². The molecular weight excluding hydrogens is 414 g/mol. The first-order chi connectivity index (χ1) is 13.3. The molecule has 0 bridgehead atoms. The van der Waals surface area contributed by atoms with Crippen molar-refractivity contribution < 1.29 is 18.0 Å². The van der Waals surface area contributed by atoms with Crippen LogP contribution in [0.3, 0.4) is 0 Å². The van der Waals surface area contributed by atoms with Gasteiger partial charge in [0.25, 0.3) is 21.8 Å². The number of carbonyl (C=O) groups is 2. The van der Waals surface area contributed by atoms with Crippen molar-refractivity contribution in [1.82, 2.24) is 14.9 Å². The van der Waals surface area contributed by atoms with Gasteiger partial charge >= 0.3 is 0 Å². The SMILES string of the molecule is CC(C)N1C(=O)c2ccc(C(=O)NCc3ccc4c(c3)CNC4)cc2S1(=O)=O.Cl. The molecule has 0 aliphatic carbocycles. The molecule has 4 rings (SSSR count). The van der Waals surface area contributed by atoms with E-state index in [0.29, 0.717) is 6.54 Å². The molecule has 0 spiro atoms. The summed E-state index contributed by atoms with van der Waals surface area (Å²) >= 11 is 0. The molecule has 29 heavy (non-hydrogen) atoms. The van der Waals surface area contributed by atoms with Crippen molar-refractivity contribution in [2.75, 3.05) is 0 Å². The monoisotopic (exact) mass is 435 g/mol. The summed E-state index contributed by atoms with van der Waals surface area (Å²) in [5.74, 6) is -0.934. The zero-order valence-electron chi connectivity index (χ0n) is 16.1. The quantitative estimate of drug-likeness (QED) is 0.767. The van der Waals surface area contributed by atoms with Crippen LogP contribution < -0.4 is 10.6 Å². The van der Waals surface area contributed by atoms with E-state index in [9.17, 15) is 18.0 Å². The maximum atomic E-state index is 12.7. The number of benzene rings is 2. The van der Waals surface area contributed by atoms with Crippen LogP contribution >= 0.6 is 12.4 Å². The van der Waals surface area contributed by atoms with Gasteiger partial charge < -0.3 is 10.6 Å². The van der Waals surface area contributed by atoms with Crippen LogP contribution in [0.2, 0.25) is 0 Å². The van der Waals surface area contributed by atoms with Gasteiger partial charge in [0.05, 0.1) is 5.56 Å². The predicted molar refractivity (Wildman–Crippen MR) is 110 cm³/mol. The highest BCUT2D eigenvalue weighted by molar-refractivity contribution is 7.90. The maximum absolute atomic E-state index is 12.7. The summed E-state index contributed by atoms with van der Waals surface area (Å²) in [4.78, 5) is 24.8. The van der Waals surface area contributed by atoms with Gasteiger partial charge in [-0.25, -0.2) is 12.7 Å². The third-order valence-electron chi connectivity index (χ3n) is 5.03. The van der Waals surface area contributed by atoms with Crippen molar-refractivity contribution in [2.45, 2.75) is 44.4 Å². The smallest absolute Gasteiger partial charge is 0.269 e. The Labute approximate surface area is 175 Å². The summed E-state index contributed by atoms with van der Waals surface area (Å²) in [6.07, 6.45) is 0. The Kier molecular flexibility index (Phi) is 5.71. The van der Waals surface area contributed by atoms with E-state index in [1.54, 1.807) is 13.8 Å². The van der Waals surface area contributed by atoms with Gasteiger partial charge in [0.1, 0.15) is 4.90 Å². The molecule has 2 aromatic rings. The van der Waals surface area contributed by atoms with E-state index in [0.717, 1.165) is 23.0 Å². The topological polar surface area (TPSA) is 95.6 Å². The van der Waals surface area contributed by atoms with Crippen molar-refractivity contribution in [3.05, 3.63) is 64.2 Å². The molecule has 2 amide bonds. The molecule has 2 heterocycles. The summed E-state index contributed by atoms with van der Waals surface area (Å²) in [6, 6.07) is 9.76. The Morgan fingerprint density at radius 3 is 2.59 bits per heavy atom. The lowest BCUT2D eigenvalue weighted by molar-refractivity contribution is 0.0845. The standard InChI is InChI=1S/C20H21N3O4S.ClH/c1-12(2)23-20(25)17-6-5-14(8-18(17)28(23,26)27)19(24)22-9-13-3-4-15-10-21-11-16(15)7-13;/h3-8,12,21H,9-11H2,1-2H3,(H,22,24);1H. The average Bonchev–Trinajstić information content (AvgIpc) is 3.19. The van der Waals surface area contributed by atoms with E-state index in [1.807, 2.05) is 12.1 Å². The first-order valence-corrected chi connectivity index (χ1v) is 10.6. The number of hydrogen-bond acceptors (Lipinski definition) is 5. The normalized spacial score (nSPS) is 16.4. The predicted octanol–water partition coefficient (Wildman–Crippen LogP) is 2.19. The number of fused-ring (bicyclic) bond motifs is 2. The van der Waals surface area contributed by atoms with Gasteiger partial charge in [0.2, 0.25) is 0 Å². The van der Waals surface area contributed by atoms with Gasteiger partial charge in [-0.3, -0.25) is 9.59 Å². The van der Waals surface area contributed by atoms with Crippen LogP contribution in [0.1, 0.15) is 51.3 Å². The average molecular weight is 436 g/mol. The molecule has 0 saturated heterocycles. The largest absolute Gasteiger partial charge is 0.348 e. The van der Waals surface area contributed by atoms with E-state index in [4.69, 9.17) is 0 Å². The molecule has 2 aliphatic heterocycles. The fourth-order valence-corrected chi connectivity index (χ4v) is 5.43. The molecule has 0 saturated carbocycles. The van der Waals surface area contributed by atoms with Crippen molar-refractivity contribution in [2.24, 2.45) is 0 Å². The zero-order chi connectivity index (χ0) is 20.1. The van der Waals surface area contributed by atoms with E-state index < -0.39 is 22.0 Å². The molecule has 154 valence electrons. The lowest BCUT2D eigenvalue weighted by atomic mass is 10.1. The number of nitrogens with zero attached hydrogens (tertiary/aromatic N) is 1. The van der Waals surface area contributed by atoms with Crippen LogP contribution in [-0.4, -0.2) is 30.6 Å². The highest BCUT2D eigenvalue weighted by atomic mass is 35.5. The van der Waals surface area contributed by atoms with E-state index in [2.05, 4.69) is 16.7 Å². The van der Waals surface area contributed by atoms with E-state index >= 15 is 0 Å². The molecule has 2 aromatic carbocycles. The molecule has 9 heteroatoms. The number of rotatable bonds is 4. The first-order valence-electron chi connectivity index (χ1n) is 9.11. The zero-order valence-corrected chi connectivity index (χ0v) is 17.7. The van der Waals surface area contributed by atoms with Gasteiger partial charge in [-0.05, 0) is 48.7 Å². The molecular formula is C20H22ClN3O4S. The number of nitrogens with one attached hydrogen (secondary N) is 2. The Morgan fingerprint density at radius 2 is 1.86 bits per heavy atom. The minimum Gasteiger partial charge on any atom is -0.348 e. The molecule has 0 unspecified atom stereocenters. The highest BCUT2D eigenvalue weighted by Crippen LogP contribution is 2.32. The fourth-order valence-electron chi connectivity index (χ4n) is 3.64. The molecule has 0 aromatic heterocycles. The Morgan fingerprint density at radius 1 is 1.14 bits per heavy atom. The maximum Gasteiger partial charge on any atom is 0.269 e. The third kappa shape index (κ3) is 3.63. The molecule has 0 radical (unpaired) electrons.